The molecule has 3 heterocycles. The second kappa shape index (κ2) is 17.4. The van der Waals surface area contributed by atoms with Crippen molar-refractivity contribution in [2.75, 3.05) is 0 Å². The molecular weight excluding hydrogens is 882 g/mol. The Balaban J connectivity index is 1.21. The van der Waals surface area contributed by atoms with Crippen LogP contribution >= 0.6 is 0 Å². The van der Waals surface area contributed by atoms with Gasteiger partial charge in [0.2, 0.25) is 0 Å². The summed E-state index contributed by atoms with van der Waals surface area (Å²) in [5, 5.41) is 10.0. The number of nitrogens with zero attached hydrogens (tertiary/aromatic N) is 4. The largest absolute Gasteiger partial charge is 0.454 e. The van der Waals surface area contributed by atoms with Crippen molar-refractivity contribution in [3.8, 4) is 51.0 Å². The number of aromatic nitrogens is 4. The molecule has 0 aliphatic heterocycles. The lowest BCUT2D eigenvalue weighted by Crippen LogP contribution is -2.50. The topological polar surface area (TPSA) is 56.7 Å². The van der Waals surface area contributed by atoms with Crippen LogP contribution in [0.1, 0.15) is 0 Å². The zero-order valence-electron chi connectivity index (χ0n) is 45.9. The number of fused-ring (bicyclic) bond motifs is 8. The summed E-state index contributed by atoms with van der Waals surface area (Å²) < 4.78 is 10.3. The van der Waals surface area contributed by atoms with E-state index in [1.54, 1.807) is 0 Å². The SMILES string of the molecule is Bc1c(B)c(-c2ccc(-c3nc(-c4ccccc4)nc(-c4ccccc4)n3)c3ccccc23)c2c(oc3c(-n4c5c(B)c(B)c(B)c(B)c5c5c(B)c6c(B)c(B)c(B)c(B)c6c(B)c54)c(B)c(B)c(B)c32)c1B. The van der Waals surface area contributed by atoms with Crippen LogP contribution in [0.3, 0.4) is 0 Å². The quantitative estimate of drug-likeness (QED) is 0.161. The Morgan fingerprint density at radius 3 is 1.30 bits per heavy atom. The Bertz CT molecular complexity index is 4450. The summed E-state index contributed by atoms with van der Waals surface area (Å²) in [7, 11) is 37.1. The highest BCUT2D eigenvalue weighted by Crippen LogP contribution is 2.41. The number of furan rings is 1. The molecule has 0 spiro atoms. The highest BCUT2D eigenvalue weighted by molar-refractivity contribution is 6.74. The maximum Gasteiger partial charge on any atom is 0.164 e. The Labute approximate surface area is 447 Å². The molecule has 334 valence electrons. The van der Waals surface area contributed by atoms with E-state index in [2.05, 4.69) is 191 Å². The van der Waals surface area contributed by atoms with Crippen molar-refractivity contribution in [3.05, 3.63) is 97.1 Å². The Morgan fingerprint density at radius 1 is 0.297 bits per heavy atom. The van der Waals surface area contributed by atoms with E-state index in [1.165, 1.54) is 131 Å². The van der Waals surface area contributed by atoms with Crippen molar-refractivity contribution >= 4 is 278 Å². The molecule has 12 aromatic rings. The second-order valence-corrected chi connectivity index (χ2v) is 21.5. The highest BCUT2D eigenvalue weighted by Gasteiger charge is 2.31. The van der Waals surface area contributed by atoms with Gasteiger partial charge in [-0.2, -0.15) is 0 Å². The first-order valence-electron chi connectivity index (χ1n) is 26.2. The molecule has 0 N–H and O–H groups in total. The Kier molecular flexibility index (Phi) is 11.3. The number of benzene rings is 9. The normalized spacial score (nSPS) is 11.8. The van der Waals surface area contributed by atoms with Crippen LogP contribution in [0.15, 0.2) is 101 Å². The summed E-state index contributed by atoms with van der Waals surface area (Å²) in [5.74, 6) is 1.92. The first-order chi connectivity index (χ1) is 35.4. The fourth-order valence-electron chi connectivity index (χ4n) is 13.0. The van der Waals surface area contributed by atoms with Gasteiger partial charge >= 0.3 is 0 Å². The Morgan fingerprint density at radius 2 is 0.716 bits per heavy atom. The molecule has 0 atom stereocenters. The van der Waals surface area contributed by atoms with Gasteiger partial charge in [0.25, 0.3) is 0 Å². The van der Waals surface area contributed by atoms with Gasteiger partial charge in [0, 0.05) is 43.9 Å². The molecule has 0 saturated carbocycles. The average molecular weight is 930 g/mol. The van der Waals surface area contributed by atoms with E-state index in [1.807, 2.05) is 36.4 Å². The maximum absolute atomic E-state index is 7.68. The molecule has 0 bridgehead atoms. The van der Waals surface area contributed by atoms with Crippen LogP contribution in [0.4, 0.5) is 0 Å². The van der Waals surface area contributed by atoms with Crippen molar-refractivity contribution in [3.63, 3.8) is 0 Å². The fraction of sp³-hybridized carbons (Fsp3) is 0. The summed E-state index contributed by atoms with van der Waals surface area (Å²) in [4.78, 5) is 15.5. The zero-order valence-corrected chi connectivity index (χ0v) is 45.9. The molecule has 0 radical (unpaired) electrons. The molecule has 74 heavy (non-hydrogen) atoms. The number of hydrogen-bond acceptors (Lipinski definition) is 4. The average Bonchev–Trinajstić information content (AvgIpc) is 3.99. The van der Waals surface area contributed by atoms with Gasteiger partial charge in [-0.15, -0.1) is 16.4 Å². The van der Waals surface area contributed by atoms with Crippen molar-refractivity contribution < 1.29 is 4.42 Å². The minimum atomic E-state index is 0.638. The molecule has 0 amide bonds. The minimum Gasteiger partial charge on any atom is -0.454 e. The van der Waals surface area contributed by atoms with E-state index >= 15 is 0 Å². The van der Waals surface area contributed by atoms with E-state index in [9.17, 15) is 0 Å². The van der Waals surface area contributed by atoms with Gasteiger partial charge < -0.3 is 8.98 Å². The third-order valence-corrected chi connectivity index (χ3v) is 18.2. The van der Waals surface area contributed by atoms with Gasteiger partial charge in [-0.3, -0.25) is 0 Å². The molecule has 5 nitrogen and oxygen atoms in total. The summed E-state index contributed by atoms with van der Waals surface area (Å²) in [6, 6.07) is 33.7. The van der Waals surface area contributed by atoms with Crippen LogP contribution < -0.4 is 87.4 Å². The minimum absolute atomic E-state index is 0.638. The second-order valence-electron chi connectivity index (χ2n) is 21.5. The summed E-state index contributed by atoms with van der Waals surface area (Å²) in [6.45, 7) is 0. The van der Waals surface area contributed by atoms with Crippen LogP contribution in [0, 0.1) is 0 Å². The van der Waals surface area contributed by atoms with Crippen LogP contribution in [0.25, 0.3) is 116 Å². The number of hydrogen-bond donors (Lipinski definition) is 0. The van der Waals surface area contributed by atoms with Gasteiger partial charge in [-0.1, -0.05) is 162 Å². The predicted molar refractivity (Wildman–Crippen MR) is 369 cm³/mol. The van der Waals surface area contributed by atoms with Crippen LogP contribution in [0.2, 0.25) is 0 Å². The predicted octanol–water partition coefficient (Wildman–Crippen LogP) is -14.0. The monoisotopic (exact) mass is 933 g/mol. The van der Waals surface area contributed by atoms with Gasteiger partial charge in [-0.05, 0) is 44.1 Å². The van der Waals surface area contributed by atoms with E-state index in [4.69, 9.17) is 19.4 Å². The molecule has 9 aromatic carbocycles. The summed E-state index contributed by atoms with van der Waals surface area (Å²) in [5.41, 5.74) is 31.7. The molecule has 21 heteroatoms. The van der Waals surface area contributed by atoms with Gasteiger partial charge in [0.05, 0.1) is 5.69 Å². The van der Waals surface area contributed by atoms with E-state index in [0.29, 0.717) is 17.5 Å². The third kappa shape index (κ3) is 6.63. The zero-order chi connectivity index (χ0) is 52.1. The van der Waals surface area contributed by atoms with Crippen LogP contribution in [-0.4, -0.2) is 145 Å². The highest BCUT2D eigenvalue weighted by atomic mass is 16.3. The van der Waals surface area contributed by atoms with Gasteiger partial charge in [0.1, 0.15) is 131 Å². The van der Waals surface area contributed by atoms with Gasteiger partial charge in [0.15, 0.2) is 23.1 Å². The molecule has 0 saturated heterocycles. The van der Waals surface area contributed by atoms with Crippen LogP contribution in [-0.2, 0) is 0 Å². The van der Waals surface area contributed by atoms with E-state index in [-0.39, 0.29) is 0 Å². The van der Waals surface area contributed by atoms with Crippen molar-refractivity contribution in [2.45, 2.75) is 0 Å². The lowest BCUT2D eigenvalue weighted by atomic mass is 9.61. The third-order valence-electron chi connectivity index (χ3n) is 18.2. The smallest absolute Gasteiger partial charge is 0.164 e. The number of rotatable bonds is 5. The molecule has 0 aliphatic rings. The van der Waals surface area contributed by atoms with Crippen LogP contribution in [0.5, 0.6) is 0 Å². The van der Waals surface area contributed by atoms with Gasteiger partial charge in [-0.25, -0.2) is 15.0 Å². The lowest BCUT2D eigenvalue weighted by molar-refractivity contribution is 0.670. The van der Waals surface area contributed by atoms with Crippen molar-refractivity contribution in [1.82, 2.24) is 19.5 Å². The standard InChI is InChI=1S/C53H48B16N4O/c54-30-25-26(33(57)38(62)37(61)32(25)56)36(60)46-27(30)28-34(58)39(63)42(66)43(67)47(28)73(46)48-44(68)40(64)35(59)29-24-23(31(55)41(65)45(69)49(24)74-50(29)48)21-15-16-22(20-14-8-7-13-19(20)21)53-71-51(17-9-3-1-4-10-17)70-52(72-53)18-11-5-2-6-12-18/h1-16H,54-69H2. The molecule has 12 rings (SSSR count). The van der Waals surface area contributed by atoms with Crippen molar-refractivity contribution in [1.29, 1.82) is 0 Å². The fourth-order valence-corrected chi connectivity index (χ4v) is 13.0. The molecule has 3 aromatic heterocycles. The lowest BCUT2D eigenvalue weighted by Gasteiger charge is -2.23. The van der Waals surface area contributed by atoms with Crippen molar-refractivity contribution in [2.24, 2.45) is 0 Å². The van der Waals surface area contributed by atoms with E-state index < -0.39 is 0 Å². The summed E-state index contributed by atoms with van der Waals surface area (Å²) in [6.07, 6.45) is 0. The molecule has 0 unspecified atom stereocenters. The Hall–Kier alpha value is -6.85. The maximum atomic E-state index is 7.68. The molecule has 0 fully saturated rings. The first-order valence-corrected chi connectivity index (χ1v) is 26.2. The molecular formula is C53H48B16N4O. The summed E-state index contributed by atoms with van der Waals surface area (Å²) >= 11 is 0. The first kappa shape index (κ1) is 48.1. The molecule has 0 aliphatic carbocycles. The van der Waals surface area contributed by atoms with E-state index in [0.717, 1.165) is 55.3 Å².